The average Bonchev–Trinajstić information content (AvgIpc) is 2.56. The van der Waals surface area contributed by atoms with E-state index in [1.54, 1.807) is 0 Å². The molecule has 2 rings (SSSR count). The molecule has 1 aromatic heterocycles. The highest BCUT2D eigenvalue weighted by Crippen LogP contribution is 2.39. The van der Waals surface area contributed by atoms with Crippen LogP contribution in [0.3, 0.4) is 0 Å². The molecule has 96 valence electrons. The van der Waals surface area contributed by atoms with Crippen molar-refractivity contribution in [3.05, 3.63) is 23.5 Å². The van der Waals surface area contributed by atoms with E-state index in [1.807, 2.05) is 0 Å². The molecular weight excluding hydrogens is 210 g/mol. The van der Waals surface area contributed by atoms with Crippen LogP contribution in [-0.4, -0.2) is 30.1 Å². The van der Waals surface area contributed by atoms with E-state index in [0.717, 1.165) is 25.9 Å². The molecule has 1 atom stereocenters. The van der Waals surface area contributed by atoms with E-state index >= 15 is 0 Å². The van der Waals surface area contributed by atoms with E-state index in [2.05, 4.69) is 49.7 Å². The van der Waals surface area contributed by atoms with Crippen LogP contribution in [0.15, 0.2) is 12.3 Å². The number of fused-ring (bicyclic) bond motifs is 1. The molecule has 0 saturated carbocycles. The highest BCUT2D eigenvalue weighted by molar-refractivity contribution is 5.30. The molecular formula is C14H25N3. The Morgan fingerprint density at radius 3 is 2.82 bits per heavy atom. The number of aromatic nitrogens is 1. The first kappa shape index (κ1) is 12.7. The minimum atomic E-state index is 0.217. The summed E-state index contributed by atoms with van der Waals surface area (Å²) >= 11 is 0. The normalized spacial score (nSPS) is 22.8. The molecule has 0 radical (unpaired) electrons. The van der Waals surface area contributed by atoms with Gasteiger partial charge in [-0.05, 0) is 44.0 Å². The van der Waals surface area contributed by atoms with Gasteiger partial charge < -0.3 is 15.2 Å². The second-order valence-corrected chi connectivity index (χ2v) is 6.37. The van der Waals surface area contributed by atoms with Crippen molar-refractivity contribution in [3.8, 4) is 0 Å². The molecule has 2 N–H and O–H groups in total. The van der Waals surface area contributed by atoms with Gasteiger partial charge in [-0.15, -0.1) is 0 Å². The van der Waals surface area contributed by atoms with Gasteiger partial charge in [0, 0.05) is 31.0 Å². The zero-order chi connectivity index (χ0) is 12.6. The molecule has 1 heterocycles. The van der Waals surface area contributed by atoms with E-state index in [4.69, 9.17) is 5.73 Å². The number of hydrogen-bond acceptors (Lipinski definition) is 2. The summed E-state index contributed by atoms with van der Waals surface area (Å²) in [6.45, 7) is 6.78. The van der Waals surface area contributed by atoms with Crippen molar-refractivity contribution in [1.29, 1.82) is 0 Å². The second kappa shape index (κ2) is 4.46. The molecule has 1 aromatic rings. The fraction of sp³-hybridized carbons (Fsp3) is 0.714. The van der Waals surface area contributed by atoms with Gasteiger partial charge in [0.15, 0.2) is 0 Å². The van der Waals surface area contributed by atoms with Crippen molar-refractivity contribution in [2.75, 3.05) is 20.6 Å². The molecule has 3 heteroatoms. The summed E-state index contributed by atoms with van der Waals surface area (Å²) < 4.78 is 2.39. The Hall–Kier alpha value is -0.800. The van der Waals surface area contributed by atoms with E-state index in [0.29, 0.717) is 5.41 Å². The topological polar surface area (TPSA) is 34.2 Å². The summed E-state index contributed by atoms with van der Waals surface area (Å²) in [5.41, 5.74) is 9.42. The lowest BCUT2D eigenvalue weighted by molar-refractivity contribution is 0.272. The third-order valence-corrected chi connectivity index (χ3v) is 3.72. The maximum atomic E-state index is 6.27. The molecule has 0 aromatic carbocycles. The van der Waals surface area contributed by atoms with Crippen molar-refractivity contribution in [3.63, 3.8) is 0 Å². The standard InChI is InChI=1S/C14H25N3/c1-14(2)9-12(15)11-5-6-17(13(11)10-14)8-7-16(3)4/h5-6,12H,7-10,15H2,1-4H3. The maximum Gasteiger partial charge on any atom is 0.0349 e. The van der Waals surface area contributed by atoms with Gasteiger partial charge in [0.05, 0.1) is 0 Å². The van der Waals surface area contributed by atoms with Gasteiger partial charge in [0.25, 0.3) is 0 Å². The van der Waals surface area contributed by atoms with E-state index in [1.165, 1.54) is 11.3 Å². The Balaban J connectivity index is 2.21. The Bertz CT molecular complexity index is 390. The zero-order valence-electron chi connectivity index (χ0n) is 11.5. The van der Waals surface area contributed by atoms with E-state index in [9.17, 15) is 0 Å². The summed E-state index contributed by atoms with van der Waals surface area (Å²) in [6, 6.07) is 2.43. The Morgan fingerprint density at radius 2 is 2.18 bits per heavy atom. The average molecular weight is 235 g/mol. The van der Waals surface area contributed by atoms with Crippen molar-refractivity contribution >= 4 is 0 Å². The summed E-state index contributed by atoms with van der Waals surface area (Å²) in [7, 11) is 4.23. The fourth-order valence-electron chi connectivity index (χ4n) is 2.81. The van der Waals surface area contributed by atoms with Crippen molar-refractivity contribution in [1.82, 2.24) is 9.47 Å². The van der Waals surface area contributed by atoms with Crippen LogP contribution >= 0.6 is 0 Å². The number of nitrogens with zero attached hydrogens (tertiary/aromatic N) is 2. The SMILES string of the molecule is CN(C)CCn1ccc2c1CC(C)(C)CC2N. The summed E-state index contributed by atoms with van der Waals surface area (Å²) in [5.74, 6) is 0. The molecule has 3 nitrogen and oxygen atoms in total. The molecule has 0 saturated heterocycles. The first-order valence-corrected chi connectivity index (χ1v) is 6.47. The monoisotopic (exact) mass is 235 g/mol. The molecule has 0 amide bonds. The van der Waals surface area contributed by atoms with E-state index in [-0.39, 0.29) is 6.04 Å². The smallest absolute Gasteiger partial charge is 0.0349 e. The van der Waals surface area contributed by atoms with Gasteiger partial charge >= 0.3 is 0 Å². The van der Waals surface area contributed by atoms with Crippen molar-refractivity contribution in [2.24, 2.45) is 11.1 Å². The number of rotatable bonds is 3. The third-order valence-electron chi connectivity index (χ3n) is 3.72. The summed E-state index contributed by atoms with van der Waals surface area (Å²) in [4.78, 5) is 2.22. The van der Waals surface area contributed by atoms with Gasteiger partial charge in [-0.2, -0.15) is 0 Å². The molecule has 1 unspecified atom stereocenters. The van der Waals surface area contributed by atoms with Crippen LogP contribution in [0.2, 0.25) is 0 Å². The largest absolute Gasteiger partial charge is 0.350 e. The zero-order valence-corrected chi connectivity index (χ0v) is 11.5. The van der Waals surface area contributed by atoms with Crippen LogP contribution in [0.1, 0.15) is 37.6 Å². The lowest BCUT2D eigenvalue weighted by Gasteiger charge is -2.34. The minimum Gasteiger partial charge on any atom is -0.350 e. The number of nitrogens with two attached hydrogens (primary N) is 1. The van der Waals surface area contributed by atoms with Gasteiger partial charge in [-0.1, -0.05) is 13.8 Å². The molecule has 0 bridgehead atoms. The molecule has 1 aliphatic carbocycles. The highest BCUT2D eigenvalue weighted by atomic mass is 15.1. The van der Waals surface area contributed by atoms with Crippen LogP contribution in [0.4, 0.5) is 0 Å². The van der Waals surface area contributed by atoms with Crippen LogP contribution in [0.25, 0.3) is 0 Å². The van der Waals surface area contributed by atoms with Crippen LogP contribution in [0.5, 0.6) is 0 Å². The van der Waals surface area contributed by atoms with E-state index < -0.39 is 0 Å². The second-order valence-electron chi connectivity index (χ2n) is 6.37. The quantitative estimate of drug-likeness (QED) is 0.870. The predicted octanol–water partition coefficient (Wildman–Crippen LogP) is 2.02. The molecule has 0 aliphatic heterocycles. The summed E-state index contributed by atoms with van der Waals surface area (Å²) in [5, 5.41) is 0. The van der Waals surface area contributed by atoms with Gasteiger partial charge in [0.2, 0.25) is 0 Å². The van der Waals surface area contributed by atoms with Crippen LogP contribution < -0.4 is 5.73 Å². The Labute approximate surface area is 105 Å². The van der Waals surface area contributed by atoms with Crippen molar-refractivity contribution in [2.45, 2.75) is 39.3 Å². The third kappa shape index (κ3) is 2.72. The van der Waals surface area contributed by atoms with Crippen LogP contribution in [-0.2, 0) is 13.0 Å². The lowest BCUT2D eigenvalue weighted by Crippen LogP contribution is -2.31. The number of hydrogen-bond donors (Lipinski definition) is 1. The molecule has 0 fully saturated rings. The van der Waals surface area contributed by atoms with Gasteiger partial charge in [0.1, 0.15) is 0 Å². The fourth-order valence-corrected chi connectivity index (χ4v) is 2.81. The lowest BCUT2D eigenvalue weighted by atomic mass is 9.74. The number of likely N-dealkylation sites (N-methyl/N-ethyl adjacent to an activating group) is 1. The highest BCUT2D eigenvalue weighted by Gasteiger charge is 2.32. The molecule has 1 aliphatic rings. The Morgan fingerprint density at radius 1 is 1.47 bits per heavy atom. The molecule has 17 heavy (non-hydrogen) atoms. The van der Waals surface area contributed by atoms with Gasteiger partial charge in [-0.3, -0.25) is 0 Å². The van der Waals surface area contributed by atoms with Gasteiger partial charge in [-0.25, -0.2) is 0 Å². The molecule has 0 spiro atoms. The predicted molar refractivity (Wildman–Crippen MR) is 72.0 cm³/mol. The van der Waals surface area contributed by atoms with Crippen LogP contribution in [0, 0.1) is 5.41 Å². The first-order chi connectivity index (χ1) is 7.89. The summed E-state index contributed by atoms with van der Waals surface area (Å²) in [6.07, 6.45) is 4.45. The Kier molecular flexibility index (Phi) is 3.32. The first-order valence-electron chi connectivity index (χ1n) is 6.47. The minimum absolute atomic E-state index is 0.217. The van der Waals surface area contributed by atoms with Crippen molar-refractivity contribution < 1.29 is 0 Å². The maximum absolute atomic E-state index is 6.27.